The lowest BCUT2D eigenvalue weighted by Gasteiger charge is -2.15. The highest BCUT2D eigenvalue weighted by Crippen LogP contribution is 2.34. The van der Waals surface area contributed by atoms with E-state index in [1.165, 1.54) is 50.7 Å². The number of ether oxygens (including phenoxy) is 1. The molecule has 0 bridgehead atoms. The van der Waals surface area contributed by atoms with E-state index in [9.17, 15) is 4.39 Å². The summed E-state index contributed by atoms with van der Waals surface area (Å²) in [7, 11) is 0. The number of H-pyrrole nitrogens is 2. The van der Waals surface area contributed by atoms with E-state index in [-0.39, 0.29) is 5.82 Å². The molecule has 10 heteroatoms. The van der Waals surface area contributed by atoms with Gasteiger partial charge in [0, 0.05) is 42.7 Å². The fourth-order valence-electron chi connectivity index (χ4n) is 7.06. The molecule has 0 spiro atoms. The van der Waals surface area contributed by atoms with E-state index in [2.05, 4.69) is 36.4 Å². The average Bonchev–Trinajstić information content (AvgIpc) is 3.91. The van der Waals surface area contributed by atoms with Crippen LogP contribution in [0, 0.1) is 11.7 Å². The molecule has 0 atom stereocenters. The van der Waals surface area contributed by atoms with E-state index < -0.39 is 0 Å². The Labute approximate surface area is 273 Å². The van der Waals surface area contributed by atoms with E-state index >= 15 is 0 Å². The van der Waals surface area contributed by atoms with Gasteiger partial charge in [0.15, 0.2) is 11.5 Å². The van der Waals surface area contributed by atoms with Gasteiger partial charge in [0.2, 0.25) is 0 Å². The van der Waals surface area contributed by atoms with Crippen molar-refractivity contribution in [1.82, 2.24) is 40.3 Å². The molecule has 47 heavy (non-hydrogen) atoms. The molecule has 2 aliphatic rings. The van der Waals surface area contributed by atoms with Gasteiger partial charge in [0.1, 0.15) is 23.7 Å². The van der Waals surface area contributed by atoms with Crippen molar-refractivity contribution in [1.29, 1.82) is 0 Å². The third-order valence-electron chi connectivity index (χ3n) is 9.53. The van der Waals surface area contributed by atoms with Crippen molar-refractivity contribution in [3.8, 4) is 39.7 Å². The number of likely N-dealkylation sites (tertiary alicyclic amines) is 1. The van der Waals surface area contributed by atoms with E-state index in [4.69, 9.17) is 14.7 Å². The molecule has 0 radical (unpaired) electrons. The van der Waals surface area contributed by atoms with Gasteiger partial charge in [-0.25, -0.2) is 14.4 Å². The van der Waals surface area contributed by atoms with Crippen LogP contribution in [-0.2, 0) is 6.54 Å². The molecule has 240 valence electrons. The molecule has 2 aromatic carbocycles. The van der Waals surface area contributed by atoms with Gasteiger partial charge in [-0.1, -0.05) is 25.0 Å². The maximum atomic E-state index is 14.8. The summed E-state index contributed by atoms with van der Waals surface area (Å²) >= 11 is 0. The molecule has 0 amide bonds. The monoisotopic (exact) mass is 630 g/mol. The van der Waals surface area contributed by atoms with E-state index in [1.54, 1.807) is 0 Å². The number of halogens is 1. The normalized spacial score (nSPS) is 15.8. The first-order chi connectivity index (χ1) is 23.2. The largest absolute Gasteiger partial charge is 0.492 e. The van der Waals surface area contributed by atoms with Crippen molar-refractivity contribution in [3.63, 3.8) is 0 Å². The van der Waals surface area contributed by atoms with Gasteiger partial charge < -0.3 is 15.0 Å². The van der Waals surface area contributed by atoms with Crippen LogP contribution in [0.5, 0.6) is 5.75 Å². The zero-order chi connectivity index (χ0) is 31.6. The van der Waals surface area contributed by atoms with Gasteiger partial charge >= 0.3 is 0 Å². The summed E-state index contributed by atoms with van der Waals surface area (Å²) in [6.45, 7) is 5.42. The van der Waals surface area contributed by atoms with Gasteiger partial charge in [0.25, 0.3) is 0 Å². The van der Waals surface area contributed by atoms with Crippen molar-refractivity contribution in [3.05, 3.63) is 78.4 Å². The SMILES string of the molecule is Fc1cc(OCCN2CCCC2)cc(-c2cccc3[nH]c(-c4n[nH]c5ccc(-c6cncc(CNCC7CCCC7)c6)nc45)nc23)c1. The fourth-order valence-corrected chi connectivity index (χ4v) is 7.06. The van der Waals surface area contributed by atoms with Gasteiger partial charge in [-0.3, -0.25) is 15.0 Å². The third kappa shape index (κ3) is 6.48. The van der Waals surface area contributed by atoms with Crippen molar-refractivity contribution in [2.24, 2.45) is 5.92 Å². The summed E-state index contributed by atoms with van der Waals surface area (Å²) in [5.41, 5.74) is 8.13. The summed E-state index contributed by atoms with van der Waals surface area (Å²) in [5.74, 6) is 1.55. The Hall–Kier alpha value is -4.67. The molecule has 5 heterocycles. The van der Waals surface area contributed by atoms with Crippen LogP contribution in [-0.4, -0.2) is 67.8 Å². The van der Waals surface area contributed by atoms with Crippen LogP contribution in [0.3, 0.4) is 0 Å². The summed E-state index contributed by atoms with van der Waals surface area (Å²) < 4.78 is 20.8. The van der Waals surface area contributed by atoms with Crippen molar-refractivity contribution in [2.45, 2.75) is 45.1 Å². The lowest BCUT2D eigenvalue weighted by atomic mass is 10.0. The highest BCUT2D eigenvalue weighted by Gasteiger charge is 2.19. The second-order valence-electron chi connectivity index (χ2n) is 12.9. The Morgan fingerprint density at radius 2 is 1.79 bits per heavy atom. The van der Waals surface area contributed by atoms with Crippen LogP contribution < -0.4 is 10.1 Å². The Bertz CT molecular complexity index is 2010. The van der Waals surface area contributed by atoms with E-state index in [0.717, 1.165) is 77.6 Å². The molecule has 1 aliphatic heterocycles. The number of nitrogens with zero attached hydrogens (tertiary/aromatic N) is 5. The van der Waals surface area contributed by atoms with Crippen LogP contribution in [0.15, 0.2) is 67.0 Å². The molecule has 1 aliphatic carbocycles. The Kier molecular flexibility index (Phi) is 8.35. The second kappa shape index (κ2) is 13.2. The first-order valence-electron chi connectivity index (χ1n) is 16.8. The molecule has 1 saturated carbocycles. The maximum Gasteiger partial charge on any atom is 0.161 e. The summed E-state index contributed by atoms with van der Waals surface area (Å²) in [4.78, 5) is 20.3. The second-order valence-corrected chi connectivity index (χ2v) is 12.9. The van der Waals surface area contributed by atoms with Crippen LogP contribution >= 0.6 is 0 Å². The first kappa shape index (κ1) is 29.7. The van der Waals surface area contributed by atoms with E-state index in [0.29, 0.717) is 35.0 Å². The van der Waals surface area contributed by atoms with E-state index in [1.807, 2.05) is 48.8 Å². The number of pyridine rings is 2. The standard InChI is InChI=1S/C37H39FN8O/c38-28-17-26(18-29(19-28)47-15-14-46-12-3-4-13-46)30-8-5-9-32-34(30)43-37(42-32)36-35-33(44-45-36)11-10-31(41-35)27-16-25(22-40-23-27)21-39-20-24-6-1-2-7-24/h5,8-11,16-19,22-24,39H,1-4,6-7,12-15,20-21H2,(H,42,43)(H,44,45). The smallest absolute Gasteiger partial charge is 0.161 e. The lowest BCUT2D eigenvalue weighted by molar-refractivity contribution is 0.237. The lowest BCUT2D eigenvalue weighted by Crippen LogP contribution is -2.25. The average molecular weight is 631 g/mol. The summed E-state index contributed by atoms with van der Waals surface area (Å²) in [6, 6.07) is 16.9. The Morgan fingerprint density at radius 1 is 0.894 bits per heavy atom. The number of imidazole rings is 1. The molecule has 2 fully saturated rings. The van der Waals surface area contributed by atoms with Crippen LogP contribution in [0.25, 0.3) is 56.0 Å². The fraction of sp³-hybridized carbons (Fsp3) is 0.351. The number of nitrogens with one attached hydrogen (secondary N) is 3. The number of para-hydroxylation sites is 1. The minimum atomic E-state index is -0.343. The number of benzene rings is 2. The zero-order valence-corrected chi connectivity index (χ0v) is 26.4. The topological polar surface area (TPSA) is 108 Å². The number of aromatic nitrogens is 6. The molecule has 9 nitrogen and oxygen atoms in total. The number of hydrogen-bond donors (Lipinski definition) is 3. The summed E-state index contributed by atoms with van der Waals surface area (Å²) in [6.07, 6.45) is 11.6. The minimum Gasteiger partial charge on any atom is -0.492 e. The molecule has 0 unspecified atom stereocenters. The molecule has 3 N–H and O–H groups in total. The van der Waals surface area contributed by atoms with Gasteiger partial charge in [-0.05, 0) is 98.8 Å². The Balaban J connectivity index is 1.05. The van der Waals surface area contributed by atoms with Crippen LogP contribution in [0.4, 0.5) is 4.39 Å². The third-order valence-corrected chi connectivity index (χ3v) is 9.53. The van der Waals surface area contributed by atoms with Crippen molar-refractivity contribution in [2.75, 3.05) is 32.8 Å². The predicted molar refractivity (Wildman–Crippen MR) is 182 cm³/mol. The van der Waals surface area contributed by atoms with Gasteiger partial charge in [0.05, 0.1) is 22.2 Å². The number of rotatable bonds is 11. The maximum absolute atomic E-state index is 14.8. The highest BCUT2D eigenvalue weighted by molar-refractivity contribution is 5.96. The molecule has 6 aromatic rings. The van der Waals surface area contributed by atoms with Gasteiger partial charge in [-0.2, -0.15) is 5.10 Å². The summed E-state index contributed by atoms with van der Waals surface area (Å²) in [5, 5.41) is 11.3. The zero-order valence-electron chi connectivity index (χ0n) is 26.4. The van der Waals surface area contributed by atoms with Crippen molar-refractivity contribution >= 4 is 22.1 Å². The number of hydrogen-bond acceptors (Lipinski definition) is 7. The molecular formula is C37H39FN8O. The molecule has 4 aromatic heterocycles. The highest BCUT2D eigenvalue weighted by atomic mass is 19.1. The van der Waals surface area contributed by atoms with Gasteiger partial charge in [-0.15, -0.1) is 0 Å². The quantitative estimate of drug-likeness (QED) is 0.140. The molecular weight excluding hydrogens is 591 g/mol. The van der Waals surface area contributed by atoms with Crippen LogP contribution in [0.1, 0.15) is 44.1 Å². The Morgan fingerprint density at radius 3 is 2.68 bits per heavy atom. The minimum absolute atomic E-state index is 0.343. The number of fused-ring (bicyclic) bond motifs is 2. The van der Waals surface area contributed by atoms with Crippen LogP contribution in [0.2, 0.25) is 0 Å². The molecule has 8 rings (SSSR count). The number of aromatic amines is 2. The molecule has 1 saturated heterocycles. The van der Waals surface area contributed by atoms with Crippen molar-refractivity contribution < 1.29 is 9.13 Å². The predicted octanol–water partition coefficient (Wildman–Crippen LogP) is 7.12. The first-order valence-corrected chi connectivity index (χ1v) is 16.8.